The summed E-state index contributed by atoms with van der Waals surface area (Å²) < 4.78 is 1.76. The van der Waals surface area contributed by atoms with E-state index in [1.54, 1.807) is 16.9 Å². The topological polar surface area (TPSA) is 70.9 Å². The van der Waals surface area contributed by atoms with E-state index in [1.807, 2.05) is 24.5 Å². The van der Waals surface area contributed by atoms with Gasteiger partial charge in [-0.2, -0.15) is 0 Å². The largest absolute Gasteiger partial charge is 0.369 e. The molecule has 0 spiro atoms. The number of hydrogen-bond acceptors (Lipinski definition) is 4. The lowest BCUT2D eigenvalue weighted by molar-refractivity contribution is 0.811. The Bertz CT molecular complexity index is 579. The fraction of sp³-hybridized carbons (Fsp3) is 0.250. The normalized spacial score (nSPS) is 10.9. The summed E-state index contributed by atoms with van der Waals surface area (Å²) in [5.41, 5.74) is 0.853. The molecule has 0 aliphatic carbocycles. The van der Waals surface area contributed by atoms with Gasteiger partial charge in [-0.3, -0.25) is 0 Å². The molecular formula is C12H14N6. The highest BCUT2D eigenvalue weighted by atomic mass is 15.3. The molecule has 18 heavy (non-hydrogen) atoms. The number of H-pyrrole nitrogens is 1. The molecule has 0 aromatic carbocycles. The molecule has 3 aromatic rings. The third-order valence-corrected chi connectivity index (χ3v) is 2.69. The number of fused-ring (bicyclic) bond motifs is 1. The van der Waals surface area contributed by atoms with Crippen molar-refractivity contribution in [3.05, 3.63) is 42.7 Å². The van der Waals surface area contributed by atoms with Crippen molar-refractivity contribution in [3.8, 4) is 0 Å². The maximum atomic E-state index is 4.37. The summed E-state index contributed by atoms with van der Waals surface area (Å²) in [6.07, 6.45) is 9.21. The number of hydrogen-bond donors (Lipinski definition) is 2. The van der Waals surface area contributed by atoms with Crippen LogP contribution < -0.4 is 5.32 Å². The van der Waals surface area contributed by atoms with Crippen LogP contribution in [0.15, 0.2) is 36.9 Å². The summed E-state index contributed by atoms with van der Waals surface area (Å²) in [4.78, 5) is 11.5. The van der Waals surface area contributed by atoms with Gasteiger partial charge in [0.25, 0.3) is 0 Å². The van der Waals surface area contributed by atoms with Crippen LogP contribution in [0.25, 0.3) is 5.65 Å². The predicted octanol–water partition coefficient (Wildman–Crippen LogP) is 1.50. The number of nitrogens with zero attached hydrogens (tertiary/aromatic N) is 4. The first-order valence-electron chi connectivity index (χ1n) is 5.94. The molecule has 0 amide bonds. The number of aromatic amines is 1. The second kappa shape index (κ2) is 4.87. The Labute approximate surface area is 104 Å². The average molecular weight is 242 g/mol. The van der Waals surface area contributed by atoms with Crippen molar-refractivity contribution in [3.63, 3.8) is 0 Å². The molecule has 0 atom stereocenters. The van der Waals surface area contributed by atoms with Crippen molar-refractivity contribution >= 4 is 11.5 Å². The first-order valence-corrected chi connectivity index (χ1v) is 5.94. The van der Waals surface area contributed by atoms with E-state index in [4.69, 9.17) is 0 Å². The van der Waals surface area contributed by atoms with Gasteiger partial charge in [0.05, 0.1) is 0 Å². The van der Waals surface area contributed by atoms with Gasteiger partial charge in [-0.1, -0.05) is 0 Å². The highest BCUT2D eigenvalue weighted by Gasteiger charge is 2.01. The molecule has 0 aliphatic rings. The first-order chi connectivity index (χ1) is 8.92. The predicted molar refractivity (Wildman–Crippen MR) is 68.4 cm³/mol. The standard InChI is InChI=1S/C12H14N6/c1(3-10-14-6-7-15-10)4-13-11-9-12-16-5-2-8-18(12)17-11/h2,5-9H,1,3-4H2,(H,13,17)(H,14,15). The zero-order valence-corrected chi connectivity index (χ0v) is 9.87. The first kappa shape index (κ1) is 10.8. The van der Waals surface area contributed by atoms with Crippen LogP contribution in [-0.2, 0) is 6.42 Å². The Kier molecular flexibility index (Phi) is 2.91. The molecule has 0 radical (unpaired) electrons. The van der Waals surface area contributed by atoms with Crippen molar-refractivity contribution in [2.75, 3.05) is 11.9 Å². The zero-order chi connectivity index (χ0) is 12.2. The van der Waals surface area contributed by atoms with Crippen molar-refractivity contribution in [2.24, 2.45) is 0 Å². The summed E-state index contributed by atoms with van der Waals surface area (Å²) in [6, 6.07) is 3.80. The minimum atomic E-state index is 0.853. The van der Waals surface area contributed by atoms with Gasteiger partial charge < -0.3 is 10.3 Å². The molecule has 3 heterocycles. The van der Waals surface area contributed by atoms with Crippen LogP contribution in [0.5, 0.6) is 0 Å². The molecule has 0 unspecified atom stereocenters. The van der Waals surface area contributed by atoms with Crippen LogP contribution in [0.4, 0.5) is 5.82 Å². The summed E-state index contributed by atoms with van der Waals surface area (Å²) >= 11 is 0. The van der Waals surface area contributed by atoms with Crippen LogP contribution in [-0.4, -0.2) is 31.1 Å². The van der Waals surface area contributed by atoms with Gasteiger partial charge in [-0.05, 0) is 12.5 Å². The number of anilines is 1. The van der Waals surface area contributed by atoms with Crippen molar-refractivity contribution < 1.29 is 0 Å². The van der Waals surface area contributed by atoms with Crippen LogP contribution in [0.1, 0.15) is 12.2 Å². The lowest BCUT2D eigenvalue weighted by Crippen LogP contribution is -2.04. The molecule has 92 valence electrons. The summed E-state index contributed by atoms with van der Waals surface area (Å²) in [7, 11) is 0. The van der Waals surface area contributed by atoms with Gasteiger partial charge in [0.2, 0.25) is 0 Å². The molecule has 0 bridgehead atoms. The third kappa shape index (κ3) is 2.32. The number of nitrogens with one attached hydrogen (secondary N) is 2. The minimum Gasteiger partial charge on any atom is -0.369 e. The van der Waals surface area contributed by atoms with Gasteiger partial charge in [0, 0.05) is 43.8 Å². The van der Waals surface area contributed by atoms with Gasteiger partial charge in [0.1, 0.15) is 5.82 Å². The molecule has 0 saturated heterocycles. The average Bonchev–Trinajstić information content (AvgIpc) is 3.03. The Balaban J connectivity index is 1.53. The summed E-state index contributed by atoms with van der Waals surface area (Å²) in [5, 5.41) is 7.65. The molecule has 0 aliphatic heterocycles. The Hall–Kier alpha value is -2.37. The van der Waals surface area contributed by atoms with E-state index in [-0.39, 0.29) is 0 Å². The van der Waals surface area contributed by atoms with Gasteiger partial charge in [-0.25, -0.2) is 14.5 Å². The highest BCUT2D eigenvalue weighted by Crippen LogP contribution is 2.07. The molecule has 3 rings (SSSR count). The zero-order valence-electron chi connectivity index (χ0n) is 9.87. The van der Waals surface area contributed by atoms with Gasteiger partial charge in [-0.15, -0.1) is 5.10 Å². The number of aromatic nitrogens is 5. The highest BCUT2D eigenvalue weighted by molar-refractivity contribution is 5.49. The van der Waals surface area contributed by atoms with Crippen LogP contribution in [0.3, 0.4) is 0 Å². The molecular weight excluding hydrogens is 228 g/mol. The van der Waals surface area contributed by atoms with Crippen LogP contribution in [0.2, 0.25) is 0 Å². The summed E-state index contributed by atoms with van der Waals surface area (Å²) in [6.45, 7) is 0.866. The van der Waals surface area contributed by atoms with E-state index >= 15 is 0 Å². The van der Waals surface area contributed by atoms with Gasteiger partial charge >= 0.3 is 0 Å². The lowest BCUT2D eigenvalue weighted by Gasteiger charge is -2.00. The Morgan fingerprint density at radius 1 is 1.28 bits per heavy atom. The second-order valence-electron chi connectivity index (χ2n) is 4.02. The quantitative estimate of drug-likeness (QED) is 0.665. The van der Waals surface area contributed by atoms with E-state index in [0.29, 0.717) is 0 Å². The molecule has 0 saturated carbocycles. The Morgan fingerprint density at radius 3 is 3.11 bits per heavy atom. The van der Waals surface area contributed by atoms with E-state index in [2.05, 4.69) is 25.4 Å². The molecule has 6 nitrogen and oxygen atoms in total. The van der Waals surface area contributed by atoms with E-state index < -0.39 is 0 Å². The SMILES string of the molecule is c1cnc2cc(NCCCc3ncc[nH]3)nn2c1. The van der Waals surface area contributed by atoms with Crippen molar-refractivity contribution in [1.29, 1.82) is 0 Å². The maximum absolute atomic E-state index is 4.37. The van der Waals surface area contributed by atoms with E-state index in [0.717, 1.165) is 36.7 Å². The van der Waals surface area contributed by atoms with E-state index in [9.17, 15) is 0 Å². The molecule has 0 fully saturated rings. The lowest BCUT2D eigenvalue weighted by atomic mass is 10.3. The van der Waals surface area contributed by atoms with Crippen molar-refractivity contribution in [2.45, 2.75) is 12.8 Å². The molecule has 6 heteroatoms. The fourth-order valence-electron chi connectivity index (χ4n) is 1.82. The van der Waals surface area contributed by atoms with Crippen LogP contribution in [0, 0.1) is 0 Å². The number of aryl methyl sites for hydroxylation is 1. The van der Waals surface area contributed by atoms with E-state index in [1.165, 1.54) is 0 Å². The smallest absolute Gasteiger partial charge is 0.157 e. The maximum Gasteiger partial charge on any atom is 0.157 e. The molecule has 3 aromatic heterocycles. The molecule has 2 N–H and O–H groups in total. The number of rotatable bonds is 5. The van der Waals surface area contributed by atoms with Gasteiger partial charge in [0.15, 0.2) is 11.5 Å². The monoisotopic (exact) mass is 242 g/mol. The van der Waals surface area contributed by atoms with Crippen molar-refractivity contribution in [1.82, 2.24) is 24.6 Å². The second-order valence-corrected chi connectivity index (χ2v) is 4.02. The third-order valence-electron chi connectivity index (χ3n) is 2.69. The van der Waals surface area contributed by atoms with Crippen LogP contribution >= 0.6 is 0 Å². The Morgan fingerprint density at radius 2 is 2.28 bits per heavy atom. The number of imidazole rings is 1. The minimum absolute atomic E-state index is 0.853. The summed E-state index contributed by atoms with van der Waals surface area (Å²) in [5.74, 6) is 1.88. The fourth-order valence-corrected chi connectivity index (χ4v) is 1.82.